The highest BCUT2D eigenvalue weighted by molar-refractivity contribution is 6.31. The minimum atomic E-state index is -0.779. The van der Waals surface area contributed by atoms with Crippen molar-refractivity contribution in [2.45, 2.75) is 25.1 Å². The Balaban J connectivity index is 2.11. The Bertz CT molecular complexity index is 298. The molecule has 2 rings (SSSR count). The van der Waals surface area contributed by atoms with Crippen LogP contribution in [-0.2, 0) is 4.74 Å². The molecule has 5 heteroatoms. The number of hydrogen-bond acceptors (Lipinski definition) is 4. The first-order valence-corrected chi connectivity index (χ1v) is 5.44. The zero-order valence-corrected chi connectivity index (χ0v) is 9.15. The van der Waals surface area contributed by atoms with Gasteiger partial charge in [-0.15, -0.1) is 0 Å². The Morgan fingerprint density at radius 2 is 2.40 bits per heavy atom. The molecule has 0 aromatic rings. The number of aliphatic hydroxyl groups excluding tert-OH is 1. The van der Waals surface area contributed by atoms with Crippen molar-refractivity contribution in [1.29, 1.82) is 0 Å². The maximum atomic E-state index is 9.88. The SMILES string of the molecule is NC1=CC(Cl)=CN(C2CCCOC2)C1O. The number of allylic oxidation sites excluding steroid dienone is 2. The largest absolute Gasteiger partial charge is 0.398 e. The van der Waals surface area contributed by atoms with E-state index in [1.165, 1.54) is 0 Å². The molecule has 1 saturated heterocycles. The third kappa shape index (κ3) is 2.27. The van der Waals surface area contributed by atoms with Gasteiger partial charge in [-0.25, -0.2) is 0 Å². The molecule has 2 aliphatic heterocycles. The fourth-order valence-electron chi connectivity index (χ4n) is 1.92. The fraction of sp³-hybridized carbons (Fsp3) is 0.600. The van der Waals surface area contributed by atoms with Crippen molar-refractivity contribution in [1.82, 2.24) is 4.90 Å². The quantitative estimate of drug-likeness (QED) is 0.697. The highest BCUT2D eigenvalue weighted by atomic mass is 35.5. The van der Waals surface area contributed by atoms with Crippen LogP contribution >= 0.6 is 11.6 Å². The van der Waals surface area contributed by atoms with Gasteiger partial charge in [0.15, 0.2) is 6.23 Å². The van der Waals surface area contributed by atoms with E-state index in [1.54, 1.807) is 17.2 Å². The van der Waals surface area contributed by atoms with E-state index >= 15 is 0 Å². The molecular formula is C10H15ClN2O2. The van der Waals surface area contributed by atoms with Gasteiger partial charge in [-0.3, -0.25) is 0 Å². The highest BCUT2D eigenvalue weighted by Crippen LogP contribution is 2.24. The zero-order valence-electron chi connectivity index (χ0n) is 8.40. The van der Waals surface area contributed by atoms with Gasteiger partial charge in [0.05, 0.1) is 23.4 Å². The number of nitrogens with zero attached hydrogens (tertiary/aromatic N) is 1. The van der Waals surface area contributed by atoms with E-state index in [9.17, 15) is 5.11 Å². The van der Waals surface area contributed by atoms with Crippen LogP contribution in [0, 0.1) is 0 Å². The molecular weight excluding hydrogens is 216 g/mol. The van der Waals surface area contributed by atoms with Crippen LogP contribution in [-0.4, -0.2) is 35.5 Å². The molecule has 0 aromatic carbocycles. The van der Waals surface area contributed by atoms with Crippen LogP contribution in [0.1, 0.15) is 12.8 Å². The lowest BCUT2D eigenvalue weighted by molar-refractivity contribution is -0.0269. The number of aliphatic hydroxyl groups is 1. The second kappa shape index (κ2) is 4.43. The maximum Gasteiger partial charge on any atom is 0.167 e. The maximum absolute atomic E-state index is 9.88. The van der Waals surface area contributed by atoms with E-state index in [4.69, 9.17) is 22.1 Å². The Kier molecular flexibility index (Phi) is 3.19. The molecule has 0 bridgehead atoms. The van der Waals surface area contributed by atoms with E-state index < -0.39 is 6.23 Å². The summed E-state index contributed by atoms with van der Waals surface area (Å²) in [5, 5.41) is 10.4. The van der Waals surface area contributed by atoms with Gasteiger partial charge in [0.1, 0.15) is 0 Å². The van der Waals surface area contributed by atoms with E-state index in [-0.39, 0.29) is 6.04 Å². The first kappa shape index (κ1) is 10.8. The van der Waals surface area contributed by atoms with Crippen molar-refractivity contribution >= 4 is 11.6 Å². The third-order valence-corrected chi connectivity index (χ3v) is 2.92. The molecule has 15 heavy (non-hydrogen) atoms. The van der Waals surface area contributed by atoms with E-state index in [0.29, 0.717) is 17.3 Å². The molecule has 0 spiro atoms. The predicted octanol–water partition coefficient (Wildman–Crippen LogP) is 0.722. The van der Waals surface area contributed by atoms with Gasteiger partial charge in [0.25, 0.3) is 0 Å². The number of hydrogen-bond donors (Lipinski definition) is 2. The van der Waals surface area contributed by atoms with E-state index in [1.807, 2.05) is 0 Å². The predicted molar refractivity (Wildman–Crippen MR) is 57.9 cm³/mol. The average molecular weight is 231 g/mol. The molecule has 2 unspecified atom stereocenters. The smallest absolute Gasteiger partial charge is 0.167 e. The summed E-state index contributed by atoms with van der Waals surface area (Å²) in [6.07, 6.45) is 4.52. The first-order chi connectivity index (χ1) is 7.18. The summed E-state index contributed by atoms with van der Waals surface area (Å²) in [4.78, 5) is 1.77. The second-order valence-electron chi connectivity index (χ2n) is 3.85. The topological polar surface area (TPSA) is 58.7 Å². The molecule has 4 nitrogen and oxygen atoms in total. The minimum absolute atomic E-state index is 0.162. The molecule has 2 atom stereocenters. The number of ether oxygens (including phenoxy) is 1. The Hall–Kier alpha value is -0.710. The number of rotatable bonds is 1. The summed E-state index contributed by atoms with van der Waals surface area (Å²) in [7, 11) is 0. The Labute approximate surface area is 93.9 Å². The van der Waals surface area contributed by atoms with Crippen molar-refractivity contribution in [3.05, 3.63) is 23.0 Å². The first-order valence-electron chi connectivity index (χ1n) is 5.06. The van der Waals surface area contributed by atoms with E-state index in [0.717, 1.165) is 19.4 Å². The normalized spacial score (nSPS) is 32.3. The van der Waals surface area contributed by atoms with Crippen molar-refractivity contribution in [3.63, 3.8) is 0 Å². The molecule has 0 amide bonds. The number of halogens is 1. The highest BCUT2D eigenvalue weighted by Gasteiger charge is 2.28. The molecule has 84 valence electrons. The minimum Gasteiger partial charge on any atom is -0.398 e. The molecule has 3 N–H and O–H groups in total. The summed E-state index contributed by atoms with van der Waals surface area (Å²) in [6.45, 7) is 1.41. The van der Waals surface area contributed by atoms with Gasteiger partial charge in [0.2, 0.25) is 0 Å². The van der Waals surface area contributed by atoms with Gasteiger partial charge in [-0.1, -0.05) is 11.6 Å². The number of nitrogens with two attached hydrogens (primary N) is 1. The molecule has 2 aliphatic rings. The van der Waals surface area contributed by atoms with Crippen LogP contribution in [0.2, 0.25) is 0 Å². The molecule has 0 radical (unpaired) electrons. The van der Waals surface area contributed by atoms with Gasteiger partial charge < -0.3 is 20.5 Å². The lowest BCUT2D eigenvalue weighted by Crippen LogP contribution is -2.47. The zero-order chi connectivity index (χ0) is 10.8. The van der Waals surface area contributed by atoms with Gasteiger partial charge in [0, 0.05) is 12.8 Å². The lowest BCUT2D eigenvalue weighted by atomic mass is 10.1. The standard InChI is InChI=1S/C10H15ClN2O2/c11-7-4-9(12)10(14)13(5-7)8-2-1-3-15-6-8/h4-5,8,10,14H,1-3,6,12H2. The summed E-state index contributed by atoms with van der Waals surface area (Å²) in [5.41, 5.74) is 6.05. The fourth-order valence-corrected chi connectivity index (χ4v) is 2.16. The summed E-state index contributed by atoms with van der Waals surface area (Å²) < 4.78 is 5.37. The van der Waals surface area contributed by atoms with Gasteiger partial charge >= 0.3 is 0 Å². The summed E-state index contributed by atoms with van der Waals surface area (Å²) in [5.74, 6) is 0. The molecule has 1 fully saturated rings. The van der Waals surface area contributed by atoms with Crippen LogP contribution in [0.15, 0.2) is 23.0 Å². The Morgan fingerprint density at radius 1 is 1.60 bits per heavy atom. The average Bonchev–Trinajstić information content (AvgIpc) is 2.24. The summed E-state index contributed by atoms with van der Waals surface area (Å²) in [6, 6.07) is 0.162. The van der Waals surface area contributed by atoms with Crippen molar-refractivity contribution in [3.8, 4) is 0 Å². The summed E-state index contributed by atoms with van der Waals surface area (Å²) >= 11 is 5.90. The monoisotopic (exact) mass is 230 g/mol. The van der Waals surface area contributed by atoms with Crippen molar-refractivity contribution in [2.75, 3.05) is 13.2 Å². The van der Waals surface area contributed by atoms with Crippen LogP contribution in [0.5, 0.6) is 0 Å². The van der Waals surface area contributed by atoms with Crippen LogP contribution < -0.4 is 5.73 Å². The van der Waals surface area contributed by atoms with Crippen LogP contribution in [0.3, 0.4) is 0 Å². The van der Waals surface area contributed by atoms with Crippen molar-refractivity contribution in [2.24, 2.45) is 5.73 Å². The lowest BCUT2D eigenvalue weighted by Gasteiger charge is -2.38. The molecule has 0 aromatic heterocycles. The van der Waals surface area contributed by atoms with Crippen molar-refractivity contribution < 1.29 is 9.84 Å². The third-order valence-electron chi connectivity index (χ3n) is 2.72. The van der Waals surface area contributed by atoms with Crippen LogP contribution in [0.4, 0.5) is 0 Å². The van der Waals surface area contributed by atoms with Crippen LogP contribution in [0.25, 0.3) is 0 Å². The van der Waals surface area contributed by atoms with E-state index in [2.05, 4.69) is 0 Å². The second-order valence-corrected chi connectivity index (χ2v) is 4.29. The van der Waals surface area contributed by atoms with Gasteiger partial charge in [-0.2, -0.15) is 0 Å². The van der Waals surface area contributed by atoms with Gasteiger partial charge in [-0.05, 0) is 18.9 Å². The molecule has 0 aliphatic carbocycles. The molecule has 0 saturated carbocycles. The Morgan fingerprint density at radius 3 is 3.07 bits per heavy atom. The molecule has 2 heterocycles.